The summed E-state index contributed by atoms with van der Waals surface area (Å²) in [5.74, 6) is 0. The minimum absolute atomic E-state index is 0.0706. The molecule has 2 aromatic carbocycles. The van der Waals surface area contributed by atoms with Crippen LogP contribution in [0.5, 0.6) is 0 Å². The van der Waals surface area contributed by atoms with Crippen molar-refractivity contribution in [1.82, 2.24) is 9.55 Å². The first kappa shape index (κ1) is 19.3. The molecule has 1 aliphatic carbocycles. The maximum Gasteiger partial charge on any atom is 0.0952 e. The summed E-state index contributed by atoms with van der Waals surface area (Å²) >= 11 is 18.7. The molecule has 1 atom stereocenters. The zero-order valence-electron chi connectivity index (χ0n) is 15.1. The van der Waals surface area contributed by atoms with Crippen molar-refractivity contribution in [3.63, 3.8) is 0 Å². The Labute approximate surface area is 179 Å². The van der Waals surface area contributed by atoms with E-state index >= 15 is 0 Å². The Morgan fingerprint density at radius 3 is 2.61 bits per heavy atom. The van der Waals surface area contributed by atoms with E-state index in [0.717, 1.165) is 37.0 Å². The molecule has 0 spiro atoms. The molecule has 3 aromatic rings. The van der Waals surface area contributed by atoms with Gasteiger partial charge in [0.25, 0.3) is 0 Å². The summed E-state index contributed by atoms with van der Waals surface area (Å²) in [5, 5.41) is 6.14. The maximum absolute atomic E-state index is 6.33. The van der Waals surface area contributed by atoms with Gasteiger partial charge in [-0.25, -0.2) is 4.98 Å². The quantitative estimate of drug-likeness (QED) is 0.471. The normalized spacial score (nSPS) is 18.4. The summed E-state index contributed by atoms with van der Waals surface area (Å²) in [6.45, 7) is 0. The Kier molecular flexibility index (Phi) is 5.90. The van der Waals surface area contributed by atoms with Crippen molar-refractivity contribution in [2.75, 3.05) is 5.43 Å². The standard InChI is InChI=1S/C21H19Cl3N4/c22-15-11-17(23)21(18(24)12-15)27-26-20-16-7-3-1-5-14(16)6-2-4-8-19(20)28-10-9-25-13-28/h1,3,5,7,9-13,19,27H,2,4,6,8H2. The van der Waals surface area contributed by atoms with E-state index in [1.165, 1.54) is 5.56 Å². The summed E-state index contributed by atoms with van der Waals surface area (Å²) in [6.07, 6.45) is 9.89. The summed E-state index contributed by atoms with van der Waals surface area (Å²) in [5.41, 5.74) is 7.00. The van der Waals surface area contributed by atoms with Crippen LogP contribution in [-0.4, -0.2) is 15.3 Å². The molecule has 0 fully saturated rings. The van der Waals surface area contributed by atoms with Crippen LogP contribution in [0.25, 0.3) is 0 Å². The predicted octanol–water partition coefficient (Wildman–Crippen LogP) is 6.63. The van der Waals surface area contributed by atoms with E-state index in [1.807, 2.05) is 18.6 Å². The fourth-order valence-electron chi connectivity index (χ4n) is 3.60. The van der Waals surface area contributed by atoms with Gasteiger partial charge in [0, 0.05) is 23.0 Å². The van der Waals surface area contributed by atoms with Crippen molar-refractivity contribution >= 4 is 46.2 Å². The van der Waals surface area contributed by atoms with Crippen molar-refractivity contribution < 1.29 is 0 Å². The second-order valence-corrected chi connectivity index (χ2v) is 8.03. The highest BCUT2D eigenvalue weighted by Crippen LogP contribution is 2.34. The molecule has 144 valence electrons. The van der Waals surface area contributed by atoms with Gasteiger partial charge >= 0.3 is 0 Å². The molecular weight excluding hydrogens is 415 g/mol. The minimum atomic E-state index is 0.0706. The Morgan fingerprint density at radius 1 is 1.07 bits per heavy atom. The van der Waals surface area contributed by atoms with Crippen LogP contribution < -0.4 is 5.43 Å². The smallest absolute Gasteiger partial charge is 0.0952 e. The second kappa shape index (κ2) is 8.56. The fraction of sp³-hybridized carbons (Fsp3) is 0.238. The Morgan fingerprint density at radius 2 is 1.86 bits per heavy atom. The highest BCUT2D eigenvalue weighted by molar-refractivity contribution is 6.41. The third kappa shape index (κ3) is 4.04. The van der Waals surface area contributed by atoms with Gasteiger partial charge in [-0.05, 0) is 37.0 Å². The first-order valence-electron chi connectivity index (χ1n) is 9.17. The molecular formula is C21H19Cl3N4. The van der Waals surface area contributed by atoms with Crippen molar-refractivity contribution in [1.29, 1.82) is 0 Å². The number of hydrogen-bond acceptors (Lipinski definition) is 3. The molecule has 4 rings (SSSR count). The minimum Gasteiger partial charge on any atom is -0.328 e. The van der Waals surface area contributed by atoms with Gasteiger partial charge in [-0.3, -0.25) is 5.43 Å². The van der Waals surface area contributed by atoms with Crippen LogP contribution in [0.2, 0.25) is 15.1 Å². The average Bonchev–Trinajstić information content (AvgIpc) is 3.18. The van der Waals surface area contributed by atoms with Gasteiger partial charge in [0.05, 0.1) is 33.8 Å². The van der Waals surface area contributed by atoms with Gasteiger partial charge in [0.2, 0.25) is 0 Å². The Hall–Kier alpha value is -2.01. The number of aryl methyl sites for hydroxylation is 1. The van der Waals surface area contributed by atoms with E-state index < -0.39 is 0 Å². The molecule has 0 saturated heterocycles. The van der Waals surface area contributed by atoms with Gasteiger partial charge in [-0.15, -0.1) is 0 Å². The number of nitrogens with one attached hydrogen (secondary N) is 1. The highest BCUT2D eigenvalue weighted by Gasteiger charge is 2.24. The van der Waals surface area contributed by atoms with Gasteiger partial charge in [0.1, 0.15) is 0 Å². The number of hydrazone groups is 1. The lowest BCUT2D eigenvalue weighted by Crippen LogP contribution is -2.24. The maximum atomic E-state index is 6.33. The number of aromatic nitrogens is 2. The molecule has 0 saturated carbocycles. The van der Waals surface area contributed by atoms with Gasteiger partial charge in [-0.1, -0.05) is 65.5 Å². The molecule has 1 unspecified atom stereocenters. The zero-order chi connectivity index (χ0) is 19.5. The van der Waals surface area contributed by atoms with Crippen LogP contribution in [-0.2, 0) is 6.42 Å². The van der Waals surface area contributed by atoms with Crippen molar-refractivity contribution in [3.05, 3.63) is 81.3 Å². The summed E-state index contributed by atoms with van der Waals surface area (Å²) in [7, 11) is 0. The van der Waals surface area contributed by atoms with Crippen LogP contribution in [0, 0.1) is 0 Å². The predicted molar refractivity (Wildman–Crippen MR) is 117 cm³/mol. The average molecular weight is 434 g/mol. The molecule has 0 aliphatic heterocycles. The molecule has 4 nitrogen and oxygen atoms in total. The lowest BCUT2D eigenvalue weighted by atomic mass is 9.89. The molecule has 1 N–H and O–H groups in total. The first-order valence-corrected chi connectivity index (χ1v) is 10.3. The topological polar surface area (TPSA) is 42.2 Å². The molecule has 0 bridgehead atoms. The largest absolute Gasteiger partial charge is 0.328 e. The third-order valence-corrected chi connectivity index (χ3v) is 5.78. The van der Waals surface area contributed by atoms with Crippen LogP contribution in [0.1, 0.15) is 36.4 Å². The van der Waals surface area contributed by atoms with E-state index in [-0.39, 0.29) is 6.04 Å². The number of benzene rings is 2. The molecule has 1 aromatic heterocycles. The van der Waals surface area contributed by atoms with Crippen molar-refractivity contribution in [2.45, 2.75) is 31.7 Å². The number of imidazole rings is 1. The first-order chi connectivity index (χ1) is 13.6. The van der Waals surface area contributed by atoms with E-state index in [9.17, 15) is 0 Å². The Bertz CT molecular complexity index is 976. The number of nitrogens with zero attached hydrogens (tertiary/aromatic N) is 3. The highest BCUT2D eigenvalue weighted by atomic mass is 35.5. The number of rotatable bonds is 3. The van der Waals surface area contributed by atoms with Crippen LogP contribution in [0.4, 0.5) is 5.69 Å². The molecule has 0 amide bonds. The number of anilines is 1. The SMILES string of the molecule is Clc1cc(Cl)c(NN=C2c3ccccc3CCCCC2n2ccnc2)c(Cl)c1. The zero-order valence-corrected chi connectivity index (χ0v) is 17.3. The third-order valence-electron chi connectivity index (χ3n) is 4.96. The lowest BCUT2D eigenvalue weighted by Gasteiger charge is -2.25. The monoisotopic (exact) mass is 432 g/mol. The molecule has 7 heteroatoms. The Balaban J connectivity index is 1.80. The molecule has 0 radical (unpaired) electrons. The summed E-state index contributed by atoms with van der Waals surface area (Å²) < 4.78 is 2.10. The van der Waals surface area contributed by atoms with Crippen LogP contribution in [0.3, 0.4) is 0 Å². The van der Waals surface area contributed by atoms with Crippen LogP contribution >= 0.6 is 34.8 Å². The van der Waals surface area contributed by atoms with Gasteiger partial charge in [-0.2, -0.15) is 5.10 Å². The summed E-state index contributed by atoms with van der Waals surface area (Å²) in [6, 6.07) is 11.8. The van der Waals surface area contributed by atoms with Crippen molar-refractivity contribution in [2.24, 2.45) is 5.10 Å². The van der Waals surface area contributed by atoms with E-state index in [1.54, 1.807) is 18.3 Å². The van der Waals surface area contributed by atoms with Crippen molar-refractivity contribution in [3.8, 4) is 0 Å². The van der Waals surface area contributed by atoms with Gasteiger partial charge in [0.15, 0.2) is 0 Å². The number of halogens is 3. The van der Waals surface area contributed by atoms with Crippen LogP contribution in [0.15, 0.2) is 60.2 Å². The molecule has 1 aliphatic rings. The van der Waals surface area contributed by atoms with Gasteiger partial charge < -0.3 is 4.57 Å². The number of fused-ring (bicyclic) bond motifs is 1. The summed E-state index contributed by atoms with van der Waals surface area (Å²) in [4.78, 5) is 4.23. The van der Waals surface area contributed by atoms with E-state index in [0.29, 0.717) is 20.8 Å². The molecule has 28 heavy (non-hydrogen) atoms. The fourth-order valence-corrected chi connectivity index (χ4v) is 4.50. The van der Waals surface area contributed by atoms with E-state index in [4.69, 9.17) is 39.9 Å². The van der Waals surface area contributed by atoms with E-state index in [2.05, 4.69) is 33.2 Å². The second-order valence-electron chi connectivity index (χ2n) is 6.78. The number of hydrogen-bond donors (Lipinski definition) is 1. The lowest BCUT2D eigenvalue weighted by molar-refractivity contribution is 0.538. The molecule has 1 heterocycles.